The van der Waals surface area contributed by atoms with Crippen molar-refractivity contribution in [2.24, 2.45) is 5.73 Å². The number of rotatable bonds is 2. The van der Waals surface area contributed by atoms with Crippen molar-refractivity contribution >= 4 is 11.6 Å². The van der Waals surface area contributed by atoms with Crippen LogP contribution in [0.5, 0.6) is 5.75 Å². The van der Waals surface area contributed by atoms with Gasteiger partial charge in [0.05, 0.1) is 12.1 Å². The highest BCUT2D eigenvalue weighted by Crippen LogP contribution is 2.28. The Morgan fingerprint density at radius 2 is 2.25 bits per heavy atom. The second kappa shape index (κ2) is 3.74. The molecule has 0 aliphatic carbocycles. The Kier molecular flexibility index (Phi) is 2.89. The number of ether oxygens (including phenoxy) is 1. The average molecular weight is 190 g/mol. The SMILES string of the molecule is COc1c(F)cc(CN)cc1Cl. The third kappa shape index (κ3) is 1.68. The first-order chi connectivity index (χ1) is 5.69. The molecular weight excluding hydrogens is 181 g/mol. The molecule has 0 aromatic heterocycles. The Balaban J connectivity index is 3.18. The van der Waals surface area contributed by atoms with Crippen molar-refractivity contribution in [3.8, 4) is 5.75 Å². The molecule has 1 aromatic carbocycles. The lowest BCUT2D eigenvalue weighted by Crippen LogP contribution is -1.98. The molecule has 2 nitrogen and oxygen atoms in total. The van der Waals surface area contributed by atoms with Crippen molar-refractivity contribution in [1.82, 2.24) is 0 Å². The molecule has 1 aromatic rings. The normalized spacial score (nSPS) is 10.0. The van der Waals surface area contributed by atoms with E-state index in [1.165, 1.54) is 13.2 Å². The highest BCUT2D eigenvalue weighted by Gasteiger charge is 2.08. The molecule has 0 bridgehead atoms. The fourth-order valence-corrected chi connectivity index (χ4v) is 1.23. The van der Waals surface area contributed by atoms with Crippen molar-refractivity contribution in [2.75, 3.05) is 7.11 Å². The van der Waals surface area contributed by atoms with Gasteiger partial charge in [-0.25, -0.2) is 4.39 Å². The minimum Gasteiger partial charge on any atom is -0.492 e. The molecule has 0 saturated heterocycles. The average Bonchev–Trinajstić information content (AvgIpc) is 2.03. The van der Waals surface area contributed by atoms with Crippen LogP contribution in [0.1, 0.15) is 5.56 Å². The minimum atomic E-state index is -0.481. The van der Waals surface area contributed by atoms with Gasteiger partial charge in [-0.1, -0.05) is 11.6 Å². The minimum absolute atomic E-state index is 0.0638. The molecule has 12 heavy (non-hydrogen) atoms. The van der Waals surface area contributed by atoms with Crippen LogP contribution in [0.15, 0.2) is 12.1 Å². The summed E-state index contributed by atoms with van der Waals surface area (Å²) in [4.78, 5) is 0. The van der Waals surface area contributed by atoms with Crippen LogP contribution in [0.3, 0.4) is 0 Å². The molecule has 66 valence electrons. The Hall–Kier alpha value is -0.800. The van der Waals surface area contributed by atoms with E-state index in [0.717, 1.165) is 0 Å². The van der Waals surface area contributed by atoms with Gasteiger partial charge in [-0.15, -0.1) is 0 Å². The van der Waals surface area contributed by atoms with Gasteiger partial charge in [0.2, 0.25) is 0 Å². The van der Waals surface area contributed by atoms with Crippen LogP contribution >= 0.6 is 11.6 Å². The summed E-state index contributed by atoms with van der Waals surface area (Å²) in [6, 6.07) is 2.90. The summed E-state index contributed by atoms with van der Waals surface area (Å²) in [5, 5.41) is 0.248. The van der Waals surface area contributed by atoms with E-state index in [0.29, 0.717) is 5.56 Å². The van der Waals surface area contributed by atoms with Gasteiger partial charge >= 0.3 is 0 Å². The first kappa shape index (κ1) is 9.29. The topological polar surface area (TPSA) is 35.2 Å². The van der Waals surface area contributed by atoms with E-state index in [9.17, 15) is 4.39 Å². The maximum absolute atomic E-state index is 13.0. The number of benzene rings is 1. The first-order valence-electron chi connectivity index (χ1n) is 3.41. The Labute approximate surface area is 75.1 Å². The largest absolute Gasteiger partial charge is 0.492 e. The number of hydrogen-bond donors (Lipinski definition) is 1. The van der Waals surface area contributed by atoms with E-state index in [1.807, 2.05) is 0 Å². The quantitative estimate of drug-likeness (QED) is 0.772. The molecule has 0 saturated carbocycles. The zero-order valence-electron chi connectivity index (χ0n) is 6.60. The zero-order valence-corrected chi connectivity index (χ0v) is 7.36. The molecule has 0 aliphatic heterocycles. The predicted molar refractivity (Wildman–Crippen MR) is 45.9 cm³/mol. The monoisotopic (exact) mass is 189 g/mol. The maximum Gasteiger partial charge on any atom is 0.173 e. The van der Waals surface area contributed by atoms with Gasteiger partial charge in [0, 0.05) is 6.54 Å². The van der Waals surface area contributed by atoms with E-state index in [4.69, 9.17) is 22.1 Å². The van der Waals surface area contributed by atoms with Crippen molar-refractivity contribution in [3.63, 3.8) is 0 Å². The molecule has 0 heterocycles. The van der Waals surface area contributed by atoms with Gasteiger partial charge in [-0.2, -0.15) is 0 Å². The zero-order chi connectivity index (χ0) is 9.14. The number of nitrogens with two attached hydrogens (primary N) is 1. The Morgan fingerprint density at radius 3 is 2.67 bits per heavy atom. The van der Waals surface area contributed by atoms with E-state index in [1.54, 1.807) is 6.07 Å². The number of halogens is 2. The third-order valence-corrected chi connectivity index (χ3v) is 1.78. The molecule has 0 radical (unpaired) electrons. The van der Waals surface area contributed by atoms with Crippen LogP contribution in [0.2, 0.25) is 5.02 Å². The number of hydrogen-bond acceptors (Lipinski definition) is 2. The van der Waals surface area contributed by atoms with Gasteiger partial charge in [-0.3, -0.25) is 0 Å². The van der Waals surface area contributed by atoms with E-state index >= 15 is 0 Å². The highest BCUT2D eigenvalue weighted by molar-refractivity contribution is 6.32. The summed E-state index contributed by atoms with van der Waals surface area (Å²) in [7, 11) is 1.37. The molecule has 0 aliphatic rings. The molecular formula is C8H9ClFNO. The Bertz CT molecular complexity index is 267. The van der Waals surface area contributed by atoms with Gasteiger partial charge in [-0.05, 0) is 17.7 Å². The van der Waals surface area contributed by atoms with E-state index in [2.05, 4.69) is 0 Å². The van der Waals surface area contributed by atoms with Crippen LogP contribution in [0, 0.1) is 5.82 Å². The lowest BCUT2D eigenvalue weighted by Gasteiger charge is -2.05. The fourth-order valence-electron chi connectivity index (χ4n) is 0.925. The smallest absolute Gasteiger partial charge is 0.173 e. The van der Waals surface area contributed by atoms with Crippen molar-refractivity contribution in [2.45, 2.75) is 6.54 Å². The summed E-state index contributed by atoms with van der Waals surface area (Å²) in [6.07, 6.45) is 0. The van der Waals surface area contributed by atoms with Crippen LogP contribution < -0.4 is 10.5 Å². The molecule has 2 N–H and O–H groups in total. The van der Waals surface area contributed by atoms with Gasteiger partial charge in [0.25, 0.3) is 0 Å². The van der Waals surface area contributed by atoms with Crippen LogP contribution in [0.25, 0.3) is 0 Å². The second-order valence-electron chi connectivity index (χ2n) is 2.30. The molecule has 0 amide bonds. The standard InChI is InChI=1S/C8H9ClFNO/c1-12-8-6(9)2-5(4-11)3-7(8)10/h2-3H,4,11H2,1H3. The molecule has 0 unspecified atom stereocenters. The summed E-state index contributed by atoms with van der Waals surface area (Å²) in [6.45, 7) is 0.265. The second-order valence-corrected chi connectivity index (χ2v) is 2.70. The molecule has 1 rings (SSSR count). The van der Waals surface area contributed by atoms with Gasteiger partial charge in [0.1, 0.15) is 0 Å². The summed E-state index contributed by atoms with van der Waals surface area (Å²) < 4.78 is 17.8. The summed E-state index contributed by atoms with van der Waals surface area (Å²) in [5.41, 5.74) is 5.96. The predicted octanol–water partition coefficient (Wildman–Crippen LogP) is 1.95. The summed E-state index contributed by atoms with van der Waals surface area (Å²) >= 11 is 5.69. The Morgan fingerprint density at radius 1 is 1.58 bits per heavy atom. The van der Waals surface area contributed by atoms with E-state index < -0.39 is 5.82 Å². The van der Waals surface area contributed by atoms with Gasteiger partial charge in [0.15, 0.2) is 11.6 Å². The molecule has 0 spiro atoms. The fraction of sp³-hybridized carbons (Fsp3) is 0.250. The maximum atomic E-state index is 13.0. The molecule has 4 heteroatoms. The van der Waals surface area contributed by atoms with Crippen molar-refractivity contribution in [3.05, 3.63) is 28.5 Å². The van der Waals surface area contributed by atoms with E-state index in [-0.39, 0.29) is 17.3 Å². The molecule has 0 atom stereocenters. The first-order valence-corrected chi connectivity index (χ1v) is 3.78. The van der Waals surface area contributed by atoms with Crippen LogP contribution in [-0.4, -0.2) is 7.11 Å². The van der Waals surface area contributed by atoms with Gasteiger partial charge < -0.3 is 10.5 Å². The lowest BCUT2D eigenvalue weighted by atomic mass is 10.2. The summed E-state index contributed by atoms with van der Waals surface area (Å²) in [5.74, 6) is -0.417. The third-order valence-electron chi connectivity index (χ3n) is 1.50. The highest BCUT2D eigenvalue weighted by atomic mass is 35.5. The number of methoxy groups -OCH3 is 1. The van der Waals surface area contributed by atoms with Crippen LogP contribution in [-0.2, 0) is 6.54 Å². The lowest BCUT2D eigenvalue weighted by molar-refractivity contribution is 0.386. The van der Waals surface area contributed by atoms with Crippen molar-refractivity contribution < 1.29 is 9.13 Å². The molecule has 0 fully saturated rings. The van der Waals surface area contributed by atoms with Crippen LogP contribution in [0.4, 0.5) is 4.39 Å². The van der Waals surface area contributed by atoms with Crippen molar-refractivity contribution in [1.29, 1.82) is 0 Å².